The van der Waals surface area contributed by atoms with Crippen LogP contribution in [0.15, 0.2) is 48.8 Å². The van der Waals surface area contributed by atoms with Crippen LogP contribution in [0.1, 0.15) is 12.5 Å². The Morgan fingerprint density at radius 2 is 1.94 bits per heavy atom. The van der Waals surface area contributed by atoms with Crippen molar-refractivity contribution in [3.05, 3.63) is 54.4 Å². The molecule has 1 aromatic carbocycles. The second kappa shape index (κ2) is 4.58. The van der Waals surface area contributed by atoms with Crippen molar-refractivity contribution in [1.29, 1.82) is 0 Å². The second-order valence-electron chi connectivity index (χ2n) is 4.20. The fourth-order valence-corrected chi connectivity index (χ4v) is 1.66. The van der Waals surface area contributed by atoms with Crippen LogP contribution in [0, 0.1) is 0 Å². The van der Waals surface area contributed by atoms with Gasteiger partial charge in [0.1, 0.15) is 0 Å². The molecular formula is C14H13NO3. The van der Waals surface area contributed by atoms with Crippen LogP contribution in [0.25, 0.3) is 11.1 Å². The maximum Gasteiger partial charge on any atom is 0.340 e. The molecule has 1 atom stereocenters. The van der Waals surface area contributed by atoms with E-state index in [4.69, 9.17) is 5.11 Å². The van der Waals surface area contributed by atoms with Crippen molar-refractivity contribution in [3.8, 4) is 11.1 Å². The average Bonchev–Trinajstić information content (AvgIpc) is 2.40. The maximum absolute atomic E-state index is 11.0. The first kappa shape index (κ1) is 12.3. The van der Waals surface area contributed by atoms with E-state index in [-0.39, 0.29) is 0 Å². The molecule has 1 aromatic heterocycles. The van der Waals surface area contributed by atoms with Gasteiger partial charge in [-0.2, -0.15) is 0 Å². The molecule has 4 heteroatoms. The van der Waals surface area contributed by atoms with Gasteiger partial charge in [0.25, 0.3) is 0 Å². The maximum atomic E-state index is 11.0. The summed E-state index contributed by atoms with van der Waals surface area (Å²) < 4.78 is 0. The van der Waals surface area contributed by atoms with Gasteiger partial charge in [-0.3, -0.25) is 4.98 Å². The molecule has 0 saturated carbocycles. The summed E-state index contributed by atoms with van der Waals surface area (Å²) >= 11 is 0. The van der Waals surface area contributed by atoms with Crippen molar-refractivity contribution in [2.24, 2.45) is 0 Å². The Labute approximate surface area is 105 Å². The number of rotatable bonds is 3. The Kier molecular flexibility index (Phi) is 3.12. The number of benzene rings is 1. The van der Waals surface area contributed by atoms with Gasteiger partial charge in [0, 0.05) is 12.4 Å². The third-order valence-electron chi connectivity index (χ3n) is 2.84. The Hall–Kier alpha value is -2.20. The summed E-state index contributed by atoms with van der Waals surface area (Å²) in [6.45, 7) is 1.26. The molecule has 1 heterocycles. The van der Waals surface area contributed by atoms with Gasteiger partial charge in [0.2, 0.25) is 0 Å². The Bertz CT molecular complexity index is 564. The summed E-state index contributed by atoms with van der Waals surface area (Å²) in [6.07, 6.45) is 3.36. The number of aliphatic carboxylic acids is 1. The zero-order chi connectivity index (χ0) is 13.2. The number of carbonyl (C=O) groups is 1. The molecule has 2 aromatic rings. The van der Waals surface area contributed by atoms with Crippen LogP contribution in [-0.4, -0.2) is 21.2 Å². The zero-order valence-corrected chi connectivity index (χ0v) is 9.87. The molecule has 0 saturated heterocycles. The summed E-state index contributed by atoms with van der Waals surface area (Å²) in [5.74, 6) is -1.27. The molecule has 0 bridgehead atoms. The number of hydrogen-bond donors (Lipinski definition) is 2. The number of carboxylic acid groups (broad SMARTS) is 1. The second-order valence-corrected chi connectivity index (χ2v) is 4.20. The zero-order valence-electron chi connectivity index (χ0n) is 9.87. The van der Waals surface area contributed by atoms with E-state index < -0.39 is 11.6 Å². The number of carboxylic acids is 1. The monoisotopic (exact) mass is 243 g/mol. The normalized spacial score (nSPS) is 13.9. The third kappa shape index (κ3) is 2.24. The van der Waals surface area contributed by atoms with Crippen LogP contribution in [0.3, 0.4) is 0 Å². The summed E-state index contributed by atoms with van der Waals surface area (Å²) in [7, 11) is 0. The highest BCUT2D eigenvalue weighted by Gasteiger charge is 2.32. The number of aromatic nitrogens is 1. The first-order valence-electron chi connectivity index (χ1n) is 5.48. The van der Waals surface area contributed by atoms with E-state index in [0.717, 1.165) is 11.1 Å². The van der Waals surface area contributed by atoms with Crippen LogP contribution < -0.4 is 0 Å². The first-order chi connectivity index (χ1) is 8.51. The quantitative estimate of drug-likeness (QED) is 0.865. The predicted molar refractivity (Wildman–Crippen MR) is 66.9 cm³/mol. The van der Waals surface area contributed by atoms with Crippen LogP contribution in [-0.2, 0) is 10.4 Å². The lowest BCUT2D eigenvalue weighted by Crippen LogP contribution is -2.31. The number of aliphatic hydroxyl groups is 1. The van der Waals surface area contributed by atoms with Crippen molar-refractivity contribution >= 4 is 5.97 Å². The minimum absolute atomic E-state index is 0.344. The van der Waals surface area contributed by atoms with Crippen molar-refractivity contribution in [2.75, 3.05) is 0 Å². The highest BCUT2D eigenvalue weighted by Crippen LogP contribution is 2.26. The van der Waals surface area contributed by atoms with Crippen molar-refractivity contribution in [3.63, 3.8) is 0 Å². The lowest BCUT2D eigenvalue weighted by atomic mass is 9.93. The van der Waals surface area contributed by atoms with Gasteiger partial charge in [-0.25, -0.2) is 4.79 Å². The van der Waals surface area contributed by atoms with Crippen molar-refractivity contribution in [1.82, 2.24) is 4.98 Å². The van der Waals surface area contributed by atoms with Crippen LogP contribution in [0.5, 0.6) is 0 Å². The van der Waals surface area contributed by atoms with Gasteiger partial charge in [-0.1, -0.05) is 24.3 Å². The standard InChI is InChI=1S/C14H13NO3/c1-14(18,13(16)17)12-6-2-4-10(8-12)11-5-3-7-15-9-11/h2-9,18H,1H3,(H,16,17). The summed E-state index contributed by atoms with van der Waals surface area (Å²) in [5, 5.41) is 18.9. The average molecular weight is 243 g/mol. The molecule has 2 N–H and O–H groups in total. The minimum Gasteiger partial charge on any atom is -0.479 e. The molecule has 1 unspecified atom stereocenters. The third-order valence-corrected chi connectivity index (χ3v) is 2.84. The first-order valence-corrected chi connectivity index (χ1v) is 5.48. The van der Waals surface area contributed by atoms with Crippen molar-refractivity contribution < 1.29 is 15.0 Å². The summed E-state index contributed by atoms with van der Waals surface area (Å²) in [5.41, 5.74) is 0.150. The van der Waals surface area contributed by atoms with Gasteiger partial charge in [-0.15, -0.1) is 0 Å². The van der Waals surface area contributed by atoms with E-state index in [2.05, 4.69) is 4.98 Å². The molecule has 2 rings (SSSR count). The van der Waals surface area contributed by atoms with Crippen LogP contribution in [0.2, 0.25) is 0 Å². The summed E-state index contributed by atoms with van der Waals surface area (Å²) in [6, 6.07) is 10.5. The highest BCUT2D eigenvalue weighted by atomic mass is 16.4. The Morgan fingerprint density at radius 3 is 2.56 bits per heavy atom. The molecule has 0 aliphatic carbocycles. The van der Waals surface area contributed by atoms with Gasteiger partial charge in [0.15, 0.2) is 5.60 Å². The highest BCUT2D eigenvalue weighted by molar-refractivity contribution is 5.79. The molecular weight excluding hydrogens is 230 g/mol. The van der Waals surface area contributed by atoms with Gasteiger partial charge in [-0.05, 0) is 35.7 Å². The fraction of sp³-hybridized carbons (Fsp3) is 0.143. The topological polar surface area (TPSA) is 70.4 Å². The van der Waals surface area contributed by atoms with Crippen LogP contribution >= 0.6 is 0 Å². The molecule has 0 aliphatic heterocycles. The smallest absolute Gasteiger partial charge is 0.340 e. The van der Waals surface area contributed by atoms with E-state index in [1.165, 1.54) is 6.92 Å². The molecule has 0 fully saturated rings. The molecule has 0 amide bonds. The molecule has 0 aliphatic rings. The van der Waals surface area contributed by atoms with Gasteiger partial charge >= 0.3 is 5.97 Å². The lowest BCUT2D eigenvalue weighted by molar-refractivity contribution is -0.157. The Morgan fingerprint density at radius 1 is 1.22 bits per heavy atom. The molecule has 0 spiro atoms. The van der Waals surface area contributed by atoms with E-state index in [1.807, 2.05) is 12.1 Å². The lowest BCUT2D eigenvalue weighted by Gasteiger charge is -2.19. The van der Waals surface area contributed by atoms with E-state index in [0.29, 0.717) is 5.56 Å². The van der Waals surface area contributed by atoms with E-state index >= 15 is 0 Å². The van der Waals surface area contributed by atoms with Gasteiger partial charge < -0.3 is 10.2 Å². The van der Waals surface area contributed by atoms with E-state index in [9.17, 15) is 9.90 Å². The Balaban J connectivity index is 2.46. The fourth-order valence-electron chi connectivity index (χ4n) is 1.66. The molecule has 4 nitrogen and oxygen atoms in total. The molecule has 0 radical (unpaired) electrons. The van der Waals surface area contributed by atoms with Crippen molar-refractivity contribution in [2.45, 2.75) is 12.5 Å². The SMILES string of the molecule is CC(O)(C(=O)O)c1cccc(-c2cccnc2)c1. The van der Waals surface area contributed by atoms with Crippen LogP contribution in [0.4, 0.5) is 0 Å². The summed E-state index contributed by atoms with van der Waals surface area (Å²) in [4.78, 5) is 15.0. The number of nitrogens with zero attached hydrogens (tertiary/aromatic N) is 1. The van der Waals surface area contributed by atoms with Gasteiger partial charge in [0.05, 0.1) is 0 Å². The number of hydrogen-bond acceptors (Lipinski definition) is 3. The predicted octanol–water partition coefficient (Wildman–Crippen LogP) is 2.04. The largest absolute Gasteiger partial charge is 0.479 e. The number of pyridine rings is 1. The minimum atomic E-state index is -1.89. The van der Waals surface area contributed by atoms with E-state index in [1.54, 1.807) is 36.7 Å². The molecule has 18 heavy (non-hydrogen) atoms. The molecule has 92 valence electrons.